The molecule has 2 aromatic rings. The molecule has 3 heteroatoms. The second-order valence-corrected chi connectivity index (χ2v) is 4.34. The molecule has 0 bridgehead atoms. The molecule has 1 atom stereocenters. The Kier molecular flexibility index (Phi) is 3.47. The lowest BCUT2D eigenvalue weighted by Crippen LogP contribution is -2.09. The standard InChI is InChI=1S/C14H19N3/c1-3-4-14-16-9-10-17(14)11(2)12-5-7-13(15)8-6-12/h5-11H,3-4,15H2,1-2H3. The molecule has 2 rings (SSSR count). The van der Waals surface area contributed by atoms with Gasteiger partial charge in [-0.2, -0.15) is 0 Å². The Bertz CT molecular complexity index is 470. The van der Waals surface area contributed by atoms with Gasteiger partial charge in [0.15, 0.2) is 0 Å². The highest BCUT2D eigenvalue weighted by atomic mass is 15.1. The van der Waals surface area contributed by atoms with Gasteiger partial charge in [-0.05, 0) is 31.0 Å². The number of nitrogen functional groups attached to an aromatic ring is 1. The highest BCUT2D eigenvalue weighted by Gasteiger charge is 2.11. The molecule has 17 heavy (non-hydrogen) atoms. The maximum Gasteiger partial charge on any atom is 0.109 e. The molecule has 1 aromatic heterocycles. The minimum atomic E-state index is 0.305. The second-order valence-electron chi connectivity index (χ2n) is 4.34. The monoisotopic (exact) mass is 229 g/mol. The quantitative estimate of drug-likeness (QED) is 0.819. The summed E-state index contributed by atoms with van der Waals surface area (Å²) >= 11 is 0. The molecule has 2 N–H and O–H groups in total. The highest BCUT2D eigenvalue weighted by molar-refractivity contribution is 5.40. The van der Waals surface area contributed by atoms with E-state index in [4.69, 9.17) is 5.73 Å². The first-order valence-electron chi connectivity index (χ1n) is 6.09. The van der Waals surface area contributed by atoms with E-state index in [0.29, 0.717) is 6.04 Å². The van der Waals surface area contributed by atoms with E-state index in [0.717, 1.165) is 24.4 Å². The summed E-state index contributed by atoms with van der Waals surface area (Å²) in [5.41, 5.74) is 7.77. The number of imidazole rings is 1. The molecule has 3 nitrogen and oxygen atoms in total. The lowest BCUT2D eigenvalue weighted by atomic mass is 10.1. The number of rotatable bonds is 4. The van der Waals surface area contributed by atoms with Crippen molar-refractivity contribution in [3.05, 3.63) is 48.0 Å². The molecule has 1 aromatic carbocycles. The summed E-state index contributed by atoms with van der Waals surface area (Å²) in [5.74, 6) is 1.15. The van der Waals surface area contributed by atoms with Crippen LogP contribution in [0.1, 0.15) is 37.7 Å². The minimum absolute atomic E-state index is 0.305. The van der Waals surface area contributed by atoms with Crippen LogP contribution in [0.15, 0.2) is 36.7 Å². The van der Waals surface area contributed by atoms with Crippen LogP contribution in [-0.2, 0) is 6.42 Å². The van der Waals surface area contributed by atoms with E-state index in [2.05, 4.69) is 35.5 Å². The Morgan fingerprint density at radius 3 is 2.65 bits per heavy atom. The Balaban J connectivity index is 2.26. The maximum absolute atomic E-state index is 5.70. The minimum Gasteiger partial charge on any atom is -0.399 e. The molecule has 0 saturated carbocycles. The number of hydrogen-bond acceptors (Lipinski definition) is 2. The molecular weight excluding hydrogens is 210 g/mol. The van der Waals surface area contributed by atoms with Gasteiger partial charge in [0.05, 0.1) is 6.04 Å². The third-order valence-electron chi connectivity index (χ3n) is 3.06. The summed E-state index contributed by atoms with van der Waals surface area (Å²) in [4.78, 5) is 4.41. The van der Waals surface area contributed by atoms with E-state index in [1.54, 1.807) is 0 Å². The van der Waals surface area contributed by atoms with Crippen LogP contribution in [0.3, 0.4) is 0 Å². The van der Waals surface area contributed by atoms with Crippen LogP contribution in [0, 0.1) is 0 Å². The number of aryl methyl sites for hydroxylation is 1. The first kappa shape index (κ1) is 11.7. The molecule has 0 saturated heterocycles. The maximum atomic E-state index is 5.70. The van der Waals surface area contributed by atoms with Gasteiger partial charge in [0.2, 0.25) is 0 Å². The van der Waals surface area contributed by atoms with Gasteiger partial charge in [-0.15, -0.1) is 0 Å². The molecule has 0 amide bonds. The predicted octanol–water partition coefficient (Wildman–Crippen LogP) is 3.03. The van der Waals surface area contributed by atoms with Crippen molar-refractivity contribution in [2.24, 2.45) is 0 Å². The third-order valence-corrected chi connectivity index (χ3v) is 3.06. The average molecular weight is 229 g/mol. The van der Waals surface area contributed by atoms with Gasteiger partial charge >= 0.3 is 0 Å². The molecule has 0 aliphatic heterocycles. The molecule has 0 radical (unpaired) electrons. The first-order chi connectivity index (χ1) is 8.22. The van der Waals surface area contributed by atoms with Crippen LogP contribution < -0.4 is 5.73 Å². The van der Waals surface area contributed by atoms with Gasteiger partial charge < -0.3 is 10.3 Å². The fourth-order valence-corrected chi connectivity index (χ4v) is 2.05. The Morgan fingerprint density at radius 2 is 2.00 bits per heavy atom. The molecule has 90 valence electrons. The van der Waals surface area contributed by atoms with Crippen molar-refractivity contribution in [1.82, 2.24) is 9.55 Å². The van der Waals surface area contributed by atoms with E-state index in [-0.39, 0.29) is 0 Å². The first-order valence-corrected chi connectivity index (χ1v) is 6.09. The van der Waals surface area contributed by atoms with Gasteiger partial charge in [-0.3, -0.25) is 0 Å². The lowest BCUT2D eigenvalue weighted by molar-refractivity contribution is 0.596. The summed E-state index contributed by atoms with van der Waals surface area (Å²) in [7, 11) is 0. The van der Waals surface area contributed by atoms with Gasteiger partial charge in [0, 0.05) is 24.5 Å². The SMILES string of the molecule is CCCc1nccn1C(C)c1ccc(N)cc1. The fraction of sp³-hybridized carbons (Fsp3) is 0.357. The van der Waals surface area contributed by atoms with E-state index < -0.39 is 0 Å². The Labute approximate surface area is 102 Å². The molecule has 1 unspecified atom stereocenters. The van der Waals surface area contributed by atoms with Crippen molar-refractivity contribution in [2.45, 2.75) is 32.7 Å². The van der Waals surface area contributed by atoms with E-state index in [9.17, 15) is 0 Å². The van der Waals surface area contributed by atoms with Crippen LogP contribution in [-0.4, -0.2) is 9.55 Å². The zero-order chi connectivity index (χ0) is 12.3. The van der Waals surface area contributed by atoms with Crippen LogP contribution in [0.25, 0.3) is 0 Å². The molecule has 0 spiro atoms. The van der Waals surface area contributed by atoms with Crippen molar-refractivity contribution in [3.63, 3.8) is 0 Å². The van der Waals surface area contributed by atoms with Crippen molar-refractivity contribution >= 4 is 5.69 Å². The molecule has 1 heterocycles. The number of nitrogens with two attached hydrogens (primary N) is 1. The summed E-state index contributed by atoms with van der Waals surface area (Å²) < 4.78 is 2.23. The summed E-state index contributed by atoms with van der Waals surface area (Å²) in [5, 5.41) is 0. The lowest BCUT2D eigenvalue weighted by Gasteiger charge is -2.16. The van der Waals surface area contributed by atoms with Crippen LogP contribution in [0.4, 0.5) is 5.69 Å². The predicted molar refractivity (Wildman–Crippen MR) is 70.9 cm³/mol. The highest BCUT2D eigenvalue weighted by Crippen LogP contribution is 2.20. The largest absolute Gasteiger partial charge is 0.399 e. The number of nitrogens with zero attached hydrogens (tertiary/aromatic N) is 2. The molecule has 0 aliphatic carbocycles. The normalized spacial score (nSPS) is 12.6. The van der Waals surface area contributed by atoms with Gasteiger partial charge in [-0.25, -0.2) is 4.98 Å². The van der Waals surface area contributed by atoms with Gasteiger partial charge in [0.25, 0.3) is 0 Å². The van der Waals surface area contributed by atoms with Crippen LogP contribution in [0.5, 0.6) is 0 Å². The number of anilines is 1. The second kappa shape index (κ2) is 5.04. The Hall–Kier alpha value is -1.77. The van der Waals surface area contributed by atoms with Gasteiger partial charge in [0.1, 0.15) is 5.82 Å². The van der Waals surface area contributed by atoms with E-state index in [1.165, 1.54) is 5.56 Å². The molecule has 0 fully saturated rings. The van der Waals surface area contributed by atoms with Gasteiger partial charge in [-0.1, -0.05) is 19.1 Å². The van der Waals surface area contributed by atoms with Crippen molar-refractivity contribution in [3.8, 4) is 0 Å². The zero-order valence-electron chi connectivity index (χ0n) is 10.4. The van der Waals surface area contributed by atoms with E-state index in [1.807, 2.05) is 24.5 Å². The number of hydrogen-bond donors (Lipinski definition) is 1. The smallest absolute Gasteiger partial charge is 0.109 e. The molecular formula is C14H19N3. The number of aromatic nitrogens is 2. The Morgan fingerprint density at radius 1 is 1.29 bits per heavy atom. The average Bonchev–Trinajstić information content (AvgIpc) is 2.78. The fourth-order valence-electron chi connectivity index (χ4n) is 2.05. The van der Waals surface area contributed by atoms with Crippen LogP contribution in [0.2, 0.25) is 0 Å². The van der Waals surface area contributed by atoms with E-state index >= 15 is 0 Å². The topological polar surface area (TPSA) is 43.8 Å². The summed E-state index contributed by atoms with van der Waals surface area (Å²) in [6.07, 6.45) is 6.06. The zero-order valence-corrected chi connectivity index (χ0v) is 10.4. The third kappa shape index (κ3) is 2.49. The van der Waals surface area contributed by atoms with Crippen molar-refractivity contribution < 1.29 is 0 Å². The number of benzene rings is 1. The van der Waals surface area contributed by atoms with Crippen molar-refractivity contribution in [2.75, 3.05) is 5.73 Å². The summed E-state index contributed by atoms with van der Waals surface area (Å²) in [6.45, 7) is 4.36. The van der Waals surface area contributed by atoms with Crippen molar-refractivity contribution in [1.29, 1.82) is 0 Å². The molecule has 0 aliphatic rings. The summed E-state index contributed by atoms with van der Waals surface area (Å²) in [6, 6.07) is 8.36. The van der Waals surface area contributed by atoms with Crippen LogP contribution >= 0.6 is 0 Å².